The summed E-state index contributed by atoms with van der Waals surface area (Å²) < 4.78 is 145. The van der Waals surface area contributed by atoms with Crippen molar-refractivity contribution in [3.05, 3.63) is 137 Å². The number of carboxylic acids is 1. The van der Waals surface area contributed by atoms with Gasteiger partial charge in [-0.1, -0.05) is 150 Å². The molecule has 0 bridgehead atoms. The Hall–Kier alpha value is -11.0. The minimum atomic E-state index is -2.35. The number of esters is 6. The Kier molecular flexibility index (Phi) is 68.0. The van der Waals surface area contributed by atoms with Crippen molar-refractivity contribution in [1.29, 1.82) is 0 Å². The maximum atomic E-state index is 13.6. The van der Waals surface area contributed by atoms with Gasteiger partial charge in [0.15, 0.2) is 12.1 Å². The minimum Gasteiger partial charge on any atom is -0.480 e. The summed E-state index contributed by atoms with van der Waals surface area (Å²) in [4.78, 5) is 153. The molecule has 1 fully saturated rings. The summed E-state index contributed by atoms with van der Waals surface area (Å²) in [7, 11) is -1.00. The zero-order chi connectivity index (χ0) is 109. The van der Waals surface area contributed by atoms with Crippen molar-refractivity contribution in [2.45, 2.75) is 376 Å². The molecular weight excluding hydrogens is 1880 g/mol. The molecule has 1 heterocycles. The molecule has 0 aromatic heterocycles. The number of nitrogens with two attached hydrogens (primary N) is 3. The Morgan fingerprint density at radius 3 is 1.15 bits per heavy atom. The number of hydrogen-bond donors (Lipinski definition) is 8. The number of carbonyl (C=O) groups excluding carboxylic acids is 12. The highest BCUT2D eigenvalue weighted by molar-refractivity contribution is 5.87. The van der Waals surface area contributed by atoms with E-state index in [1.807, 2.05) is 105 Å². The summed E-state index contributed by atoms with van der Waals surface area (Å²) in [6.07, 6.45) is 13.3. The van der Waals surface area contributed by atoms with E-state index in [1.165, 1.54) is 13.8 Å². The van der Waals surface area contributed by atoms with E-state index in [0.29, 0.717) is 129 Å². The van der Waals surface area contributed by atoms with Crippen LogP contribution < -0.4 is 43.2 Å². The number of alkyl halides is 1. The largest absolute Gasteiger partial charge is 0.480 e. The van der Waals surface area contributed by atoms with Crippen molar-refractivity contribution in [3.8, 4) is 5.75 Å². The Balaban J connectivity index is 0.00000181. The van der Waals surface area contributed by atoms with E-state index in [-0.39, 0.29) is 86.4 Å². The molecule has 5 rings (SSSR count). The SMILES string of the molecule is CC(=O)OCC1OC(OCCCCCC(=O)Oc2c(F)c(F)c(F)c(F)c2F)C(C)C(C)C1OC(C)=O.CC(C)(C)OC(=O)NCCCC[C@H](NC(=O)OC(C)(C)C)C(=O)CCCCCCC(=O)OCc1ccccc1.CC(C)(C)OC(=O)NCCCC[C@H](NC(=O)OC(C)(C)C)C(=O)O.NCCCCCC(=O)OCc1ccccc1.NCCCC[C@H](N)C(=O)CCCCCCC(=O)OCc1ccccc1.[2H]CF. The first-order chi connectivity index (χ1) is 67.8. The number of aliphatic carboxylic acids is 1. The van der Waals surface area contributed by atoms with Crippen LogP contribution in [0.25, 0.3) is 0 Å². The van der Waals surface area contributed by atoms with Crippen molar-refractivity contribution in [2.75, 3.05) is 46.5 Å². The van der Waals surface area contributed by atoms with Gasteiger partial charge in [-0.05, 0) is 216 Å². The summed E-state index contributed by atoms with van der Waals surface area (Å²) in [5.74, 6) is -17.0. The Morgan fingerprint density at radius 2 is 0.762 bits per heavy atom. The third kappa shape index (κ3) is 68.0. The van der Waals surface area contributed by atoms with Crippen molar-refractivity contribution >= 4 is 77.7 Å². The number of alkyl carbamates (subject to hydrolysis) is 4. The van der Waals surface area contributed by atoms with Gasteiger partial charge in [0.2, 0.25) is 34.8 Å². The predicted octanol–water partition coefficient (Wildman–Crippen LogP) is 19.2. The highest BCUT2D eigenvalue weighted by atomic mass is 19.2. The third-order valence-electron chi connectivity index (χ3n) is 20.4. The molecule has 1 aliphatic rings. The number of nitrogens with one attached hydrogen (secondary N) is 4. The number of ether oxygens (including phenoxy) is 12. The number of unbranched alkanes of at least 4 members (excludes halogenated alkanes) is 13. The van der Waals surface area contributed by atoms with Gasteiger partial charge in [-0.2, -0.15) is 8.78 Å². The molecule has 143 heavy (non-hydrogen) atoms. The first-order valence-electron chi connectivity index (χ1n) is 49.6. The summed E-state index contributed by atoms with van der Waals surface area (Å²) in [5, 5.41) is 19.5. The minimum absolute atomic E-state index is 0.0526. The highest BCUT2D eigenvalue weighted by Crippen LogP contribution is 2.35. The fraction of sp³-hybridized carbons (Fsp3) is 0.644. The van der Waals surface area contributed by atoms with Gasteiger partial charge >= 0.3 is 66.2 Å². The molecule has 11 N–H and O–H groups in total. The van der Waals surface area contributed by atoms with Crippen LogP contribution in [-0.2, 0) is 115 Å². The fourth-order valence-electron chi connectivity index (χ4n) is 13.1. The van der Waals surface area contributed by atoms with E-state index in [0.717, 1.165) is 93.7 Å². The zero-order valence-corrected chi connectivity index (χ0v) is 86.5. The number of rotatable bonds is 55. The van der Waals surface area contributed by atoms with E-state index in [9.17, 15) is 88.7 Å². The molecule has 0 spiro atoms. The molecule has 8 atom stereocenters. The number of ketones is 2. The number of carbonyl (C=O) groups is 13. The van der Waals surface area contributed by atoms with Gasteiger partial charge in [-0.25, -0.2) is 37.1 Å². The smallest absolute Gasteiger partial charge is 0.408 e. The second kappa shape index (κ2) is 74.8. The molecule has 39 heteroatoms. The van der Waals surface area contributed by atoms with Gasteiger partial charge < -0.3 is 100 Å². The van der Waals surface area contributed by atoms with Crippen molar-refractivity contribution < 1.29 is 152 Å². The lowest BCUT2D eigenvalue weighted by Gasteiger charge is -2.43. The van der Waals surface area contributed by atoms with E-state index >= 15 is 0 Å². The van der Waals surface area contributed by atoms with Crippen LogP contribution >= 0.6 is 0 Å². The Bertz CT molecular complexity index is 4330. The molecule has 0 saturated carbocycles. The van der Waals surface area contributed by atoms with Crippen molar-refractivity contribution in [1.82, 2.24) is 21.3 Å². The van der Waals surface area contributed by atoms with Crippen molar-refractivity contribution in [3.63, 3.8) is 0 Å². The molecule has 5 unspecified atom stereocenters. The van der Waals surface area contributed by atoms with Crippen LogP contribution in [0.2, 0.25) is 0 Å². The van der Waals surface area contributed by atoms with E-state index in [4.69, 9.17) is 75.8 Å². The molecule has 33 nitrogen and oxygen atoms in total. The van der Waals surface area contributed by atoms with Gasteiger partial charge in [0, 0.05) is 83.9 Å². The van der Waals surface area contributed by atoms with Gasteiger partial charge in [0.25, 0.3) is 0 Å². The Morgan fingerprint density at radius 1 is 0.420 bits per heavy atom. The van der Waals surface area contributed by atoms with Crippen LogP contribution in [0.5, 0.6) is 5.75 Å². The number of benzene rings is 4. The quantitative estimate of drug-likeness (QED) is 0.00387. The maximum Gasteiger partial charge on any atom is 0.408 e. The normalized spacial score (nSPS) is 14.9. The standard InChI is InChI=1S/C30H48N2O7.C24H29F5O8.C20H32N2O3.C16H30N2O6.C13H19NO2.CH3F/c1-29(2,3)38-27(35)31-21-15-14-18-24(32-28(36)39-30(4,5)6)25(33)19-12-7-8-13-20-26(34)37-22-23-16-10-9-11-17-23;1-11-12(2)24(36-15(10-34-13(3)30)22(11)35-14(4)31)33-9-7-5-6-8-16(32)37-23-20(28)18(26)17(25)19(27)21(23)29;21-15-9-8-12-18(22)19(23)13-6-1-2-7-14-20(24)25-16-17-10-4-3-5-11-17;1-15(2,3)23-13(21)17-10-8-7-9-11(12(19)20)18-14(22)24-16(4,5)6;14-10-6-2-5-9-13(15)16-11-12-7-3-1-4-8-12;1-2/h9-11,16-17,24H,7-8,12-15,18-22H2,1-6H3,(H,31,35)(H,32,36);11-12,15,22,24H,5-10H2,1-4H3;3-5,10-11,18H,1-2,6-9,12-16,21-22H2;11H,7-10H2,1-6H3,(H,17,21)(H,18,22)(H,19,20);1,3-4,7-8H,2,5-6,9-11,14H2;1H3/t24-;;18-;11-;;/m0.00../s1/i;;;;;1D. The number of Topliss-reactive ketones (excluding diaryl/α,β-unsaturated/α-hetero) is 2. The molecule has 0 radical (unpaired) electrons. The second-order valence-corrected chi connectivity index (χ2v) is 38.0. The molecule has 4 amide bonds. The fourth-order valence-corrected chi connectivity index (χ4v) is 13.1. The monoisotopic (exact) mass is 2040 g/mol. The topological polar surface area (TPSA) is 479 Å². The second-order valence-electron chi connectivity index (χ2n) is 38.0. The average molecular weight is 2040 g/mol. The Labute approximate surface area is 841 Å². The number of carboxylic acid groups (broad SMARTS) is 1. The van der Waals surface area contributed by atoms with Gasteiger partial charge in [-0.15, -0.1) is 0 Å². The summed E-state index contributed by atoms with van der Waals surface area (Å²) >= 11 is 0. The van der Waals surface area contributed by atoms with Crippen LogP contribution in [0.15, 0.2) is 91.0 Å². The van der Waals surface area contributed by atoms with Gasteiger partial charge in [0.1, 0.15) is 72.9 Å². The average Bonchev–Trinajstić information content (AvgIpc) is 0.799. The predicted molar refractivity (Wildman–Crippen MR) is 525 cm³/mol. The van der Waals surface area contributed by atoms with Crippen LogP contribution in [0.1, 0.15) is 315 Å². The first kappa shape index (κ1) is 130. The molecule has 1 saturated heterocycles. The number of hydrogen-bond acceptors (Lipinski definition) is 28. The number of amides is 4. The third-order valence-corrected chi connectivity index (χ3v) is 20.4. The van der Waals surface area contributed by atoms with Crippen LogP contribution in [0.4, 0.5) is 45.5 Å². The van der Waals surface area contributed by atoms with E-state index in [1.54, 1.807) is 83.1 Å². The maximum absolute atomic E-state index is 13.6. The lowest BCUT2D eigenvalue weighted by atomic mass is 9.84. The summed E-state index contributed by atoms with van der Waals surface area (Å²) in [5.41, 5.74) is 17.2. The number of halogens is 6. The van der Waals surface area contributed by atoms with Crippen LogP contribution in [0, 0.1) is 40.9 Å². The van der Waals surface area contributed by atoms with Crippen LogP contribution in [0.3, 0.4) is 0 Å². The zero-order valence-electron chi connectivity index (χ0n) is 87.5. The van der Waals surface area contributed by atoms with E-state index < -0.39 is 143 Å². The lowest BCUT2D eigenvalue weighted by Crippen LogP contribution is -2.53. The lowest BCUT2D eigenvalue weighted by molar-refractivity contribution is -0.273. The molecule has 4 aromatic rings. The summed E-state index contributed by atoms with van der Waals surface area (Å²) in [6, 6.07) is 26.9. The van der Waals surface area contributed by atoms with E-state index in [2.05, 4.69) is 26.0 Å². The molecule has 1 aliphatic heterocycles. The molecule has 4 aromatic carbocycles. The molecular formula is C104H161F6N7O26. The first-order valence-corrected chi connectivity index (χ1v) is 48.9. The van der Waals surface area contributed by atoms with Crippen molar-refractivity contribution in [2.24, 2.45) is 29.0 Å². The summed E-state index contributed by atoms with van der Waals surface area (Å²) in [6.45, 7) is 30.5. The van der Waals surface area contributed by atoms with Crippen LogP contribution in [-0.4, -0.2) is 188 Å². The molecule has 0 aliphatic carbocycles. The highest BCUT2D eigenvalue weighted by Gasteiger charge is 2.45. The van der Waals surface area contributed by atoms with Gasteiger partial charge in [0.05, 0.1) is 20.6 Å². The molecule has 810 valence electrons. The van der Waals surface area contributed by atoms with Gasteiger partial charge in [-0.3, -0.25) is 42.7 Å².